The standard InChI is InChI=1S/C26H24FN3O3S/c1-3-33-21-14-12-20(13-15-21)30-25(32)22-6-4-5-7-23(22)28-26(30)34-17-24(31)29(2)16-18-8-10-19(27)11-9-18/h4-15H,3,16-17H2,1-2H3. The molecule has 0 aliphatic carbocycles. The van der Waals surface area contributed by atoms with Gasteiger partial charge in [0.1, 0.15) is 11.6 Å². The van der Waals surface area contributed by atoms with Gasteiger partial charge in [0.05, 0.1) is 29.0 Å². The number of para-hydroxylation sites is 1. The van der Waals surface area contributed by atoms with Crippen molar-refractivity contribution in [2.24, 2.45) is 0 Å². The van der Waals surface area contributed by atoms with Gasteiger partial charge in [-0.15, -0.1) is 0 Å². The molecule has 0 aliphatic rings. The Hall–Kier alpha value is -3.65. The van der Waals surface area contributed by atoms with Gasteiger partial charge < -0.3 is 9.64 Å². The maximum atomic E-state index is 13.4. The summed E-state index contributed by atoms with van der Waals surface area (Å²) in [7, 11) is 1.69. The van der Waals surface area contributed by atoms with Crippen molar-refractivity contribution in [2.75, 3.05) is 19.4 Å². The van der Waals surface area contributed by atoms with Crippen molar-refractivity contribution in [1.29, 1.82) is 0 Å². The SMILES string of the molecule is CCOc1ccc(-n2c(SCC(=O)N(C)Cc3ccc(F)cc3)nc3ccccc3c2=O)cc1. The molecular formula is C26H24FN3O3S. The number of nitrogens with zero attached hydrogens (tertiary/aromatic N) is 3. The summed E-state index contributed by atoms with van der Waals surface area (Å²) in [5.41, 5.74) is 1.84. The summed E-state index contributed by atoms with van der Waals surface area (Å²) in [5, 5.41) is 0.928. The third kappa shape index (κ3) is 5.28. The highest BCUT2D eigenvalue weighted by atomic mass is 32.2. The summed E-state index contributed by atoms with van der Waals surface area (Å²) in [6.07, 6.45) is 0. The molecule has 0 atom stereocenters. The largest absolute Gasteiger partial charge is 0.494 e. The monoisotopic (exact) mass is 477 g/mol. The average molecular weight is 478 g/mol. The van der Waals surface area contributed by atoms with E-state index in [0.29, 0.717) is 40.6 Å². The zero-order chi connectivity index (χ0) is 24.1. The minimum absolute atomic E-state index is 0.0967. The molecule has 0 saturated carbocycles. The Labute approximate surface area is 201 Å². The Kier molecular flexibility index (Phi) is 7.27. The van der Waals surface area contributed by atoms with Crippen molar-refractivity contribution >= 4 is 28.6 Å². The second-order valence-corrected chi connectivity index (χ2v) is 8.59. The van der Waals surface area contributed by atoms with E-state index >= 15 is 0 Å². The summed E-state index contributed by atoms with van der Waals surface area (Å²) in [5.74, 6) is 0.359. The first-order chi connectivity index (χ1) is 16.5. The van der Waals surface area contributed by atoms with Crippen LogP contribution in [-0.2, 0) is 11.3 Å². The lowest BCUT2D eigenvalue weighted by Gasteiger charge is -2.18. The molecule has 1 amide bonds. The fraction of sp³-hybridized carbons (Fsp3) is 0.192. The van der Waals surface area contributed by atoms with E-state index in [4.69, 9.17) is 4.74 Å². The molecule has 0 spiro atoms. The molecule has 0 unspecified atom stereocenters. The summed E-state index contributed by atoms with van der Waals surface area (Å²) >= 11 is 1.20. The highest BCUT2D eigenvalue weighted by molar-refractivity contribution is 7.99. The van der Waals surface area contributed by atoms with Gasteiger partial charge in [0.15, 0.2) is 5.16 Å². The Morgan fingerprint density at radius 1 is 1.06 bits per heavy atom. The van der Waals surface area contributed by atoms with Gasteiger partial charge in [-0.2, -0.15) is 0 Å². The van der Waals surface area contributed by atoms with Gasteiger partial charge in [-0.05, 0) is 61.0 Å². The maximum absolute atomic E-state index is 13.4. The predicted octanol–water partition coefficient (Wildman–Crippen LogP) is 4.67. The molecule has 1 aromatic heterocycles. The van der Waals surface area contributed by atoms with E-state index in [-0.39, 0.29) is 23.0 Å². The molecule has 0 aliphatic heterocycles. The molecule has 3 aromatic carbocycles. The van der Waals surface area contributed by atoms with Gasteiger partial charge in [-0.3, -0.25) is 14.2 Å². The molecule has 8 heteroatoms. The van der Waals surface area contributed by atoms with Crippen molar-refractivity contribution in [3.05, 3.63) is 94.5 Å². The Morgan fingerprint density at radius 3 is 2.47 bits per heavy atom. The number of benzene rings is 3. The van der Waals surface area contributed by atoms with Crippen molar-refractivity contribution < 1.29 is 13.9 Å². The first-order valence-corrected chi connectivity index (χ1v) is 11.8. The lowest BCUT2D eigenvalue weighted by molar-refractivity contribution is -0.127. The molecular weight excluding hydrogens is 453 g/mol. The van der Waals surface area contributed by atoms with Crippen LogP contribution in [0.1, 0.15) is 12.5 Å². The van der Waals surface area contributed by atoms with Gasteiger partial charge in [-0.1, -0.05) is 36.0 Å². The van der Waals surface area contributed by atoms with Crippen LogP contribution in [0, 0.1) is 5.82 Å². The average Bonchev–Trinajstić information content (AvgIpc) is 2.85. The topological polar surface area (TPSA) is 64.4 Å². The zero-order valence-corrected chi connectivity index (χ0v) is 19.7. The lowest BCUT2D eigenvalue weighted by Crippen LogP contribution is -2.28. The summed E-state index contributed by atoms with van der Waals surface area (Å²) in [6, 6.07) is 20.4. The number of hydrogen-bond acceptors (Lipinski definition) is 5. The molecule has 1 heterocycles. The van der Waals surface area contributed by atoms with Gasteiger partial charge in [0.25, 0.3) is 5.56 Å². The Morgan fingerprint density at radius 2 is 1.76 bits per heavy atom. The fourth-order valence-corrected chi connectivity index (χ4v) is 4.44. The van der Waals surface area contributed by atoms with E-state index in [9.17, 15) is 14.0 Å². The number of carbonyl (C=O) groups excluding carboxylic acids is 1. The first-order valence-electron chi connectivity index (χ1n) is 10.8. The van der Waals surface area contributed by atoms with E-state index in [0.717, 1.165) is 5.56 Å². The van der Waals surface area contributed by atoms with Crippen molar-refractivity contribution in [1.82, 2.24) is 14.5 Å². The molecule has 174 valence electrons. The van der Waals surface area contributed by atoms with Gasteiger partial charge in [0.2, 0.25) is 5.91 Å². The third-order valence-electron chi connectivity index (χ3n) is 5.23. The Balaban J connectivity index is 1.60. The van der Waals surface area contributed by atoms with E-state index < -0.39 is 0 Å². The van der Waals surface area contributed by atoms with Crippen LogP contribution in [0.15, 0.2) is 82.7 Å². The molecule has 0 bridgehead atoms. The smallest absolute Gasteiger partial charge is 0.266 e. The summed E-state index contributed by atoms with van der Waals surface area (Å²) in [4.78, 5) is 32.4. The number of carbonyl (C=O) groups is 1. The van der Waals surface area contributed by atoms with Crippen molar-refractivity contribution in [2.45, 2.75) is 18.6 Å². The number of halogens is 1. The highest BCUT2D eigenvalue weighted by Gasteiger charge is 2.17. The van der Waals surface area contributed by atoms with E-state index in [1.807, 2.05) is 13.0 Å². The molecule has 0 N–H and O–H groups in total. The van der Waals surface area contributed by atoms with Crippen LogP contribution in [0.3, 0.4) is 0 Å². The number of ether oxygens (including phenoxy) is 1. The quantitative estimate of drug-likeness (QED) is 0.273. The molecule has 6 nitrogen and oxygen atoms in total. The number of rotatable bonds is 8. The van der Waals surface area contributed by atoms with Crippen molar-refractivity contribution in [3.63, 3.8) is 0 Å². The van der Waals surface area contributed by atoms with Crippen LogP contribution in [0.4, 0.5) is 4.39 Å². The van der Waals surface area contributed by atoms with Crippen LogP contribution in [0.25, 0.3) is 16.6 Å². The highest BCUT2D eigenvalue weighted by Crippen LogP contribution is 2.23. The van der Waals surface area contributed by atoms with Crippen LogP contribution in [0.5, 0.6) is 5.75 Å². The Bertz CT molecular complexity index is 1350. The number of fused-ring (bicyclic) bond motifs is 1. The van der Waals surface area contributed by atoms with E-state index in [1.54, 1.807) is 66.5 Å². The molecule has 4 aromatic rings. The normalized spacial score (nSPS) is 10.9. The first kappa shape index (κ1) is 23.5. The summed E-state index contributed by atoms with van der Waals surface area (Å²) < 4.78 is 20.2. The molecule has 0 radical (unpaired) electrons. The van der Waals surface area contributed by atoms with E-state index in [2.05, 4.69) is 4.98 Å². The zero-order valence-electron chi connectivity index (χ0n) is 18.9. The minimum atomic E-state index is -0.317. The van der Waals surface area contributed by atoms with Gasteiger partial charge in [0, 0.05) is 13.6 Å². The van der Waals surface area contributed by atoms with Crippen LogP contribution in [0.2, 0.25) is 0 Å². The molecule has 0 fully saturated rings. The second-order valence-electron chi connectivity index (χ2n) is 7.64. The van der Waals surface area contributed by atoms with Crippen molar-refractivity contribution in [3.8, 4) is 11.4 Å². The molecule has 0 saturated heterocycles. The van der Waals surface area contributed by atoms with Gasteiger partial charge in [-0.25, -0.2) is 9.37 Å². The number of hydrogen-bond donors (Lipinski definition) is 0. The predicted molar refractivity (Wildman–Crippen MR) is 132 cm³/mol. The molecule has 4 rings (SSSR count). The minimum Gasteiger partial charge on any atom is -0.494 e. The lowest BCUT2D eigenvalue weighted by atomic mass is 10.2. The second kappa shape index (κ2) is 10.5. The van der Waals surface area contributed by atoms with E-state index in [1.165, 1.54) is 28.5 Å². The van der Waals surface area contributed by atoms with Gasteiger partial charge >= 0.3 is 0 Å². The van der Waals surface area contributed by atoms with Crippen LogP contribution >= 0.6 is 11.8 Å². The number of amides is 1. The summed E-state index contributed by atoms with van der Waals surface area (Å²) in [6.45, 7) is 2.81. The number of thioether (sulfide) groups is 1. The molecule has 34 heavy (non-hydrogen) atoms. The van der Waals surface area contributed by atoms with Crippen LogP contribution < -0.4 is 10.3 Å². The fourth-order valence-electron chi connectivity index (χ4n) is 3.48. The third-order valence-corrected chi connectivity index (χ3v) is 6.16. The number of aromatic nitrogens is 2. The van der Waals surface area contributed by atoms with Crippen LogP contribution in [-0.4, -0.2) is 39.8 Å². The maximum Gasteiger partial charge on any atom is 0.266 e.